The van der Waals surface area contributed by atoms with E-state index in [-0.39, 0.29) is 0 Å². The first-order valence-electron chi connectivity index (χ1n) is 24.1. The molecule has 1 unspecified atom stereocenters. The summed E-state index contributed by atoms with van der Waals surface area (Å²) in [5.74, 6) is 0. The Morgan fingerprint density at radius 2 is 0.843 bits per heavy atom. The zero-order valence-corrected chi connectivity index (χ0v) is 38.2. The zero-order chi connectivity index (χ0) is 46.2. The van der Waals surface area contributed by atoms with Crippen LogP contribution in [0.1, 0.15) is 44.5 Å². The second-order valence-electron chi connectivity index (χ2n) is 18.6. The van der Waals surface area contributed by atoms with Gasteiger partial charge in [0.25, 0.3) is 0 Å². The van der Waals surface area contributed by atoms with E-state index in [2.05, 4.69) is 254 Å². The van der Waals surface area contributed by atoms with Gasteiger partial charge in [-0.1, -0.05) is 194 Å². The second-order valence-corrected chi connectivity index (χ2v) is 18.6. The van der Waals surface area contributed by atoms with Crippen LogP contribution in [-0.4, -0.2) is 4.98 Å². The Balaban J connectivity index is 1.04. The molecule has 0 saturated carbocycles. The monoisotopic (exact) mass is 892 g/mol. The zero-order valence-electron chi connectivity index (χ0n) is 38.2. The molecule has 3 nitrogen and oxygen atoms in total. The maximum absolute atomic E-state index is 5.85. The molecule has 0 bridgehead atoms. The highest BCUT2D eigenvalue weighted by Gasteiger charge is 2.48. The first-order valence-corrected chi connectivity index (χ1v) is 24.1. The molecule has 2 heterocycles. The third-order valence-electron chi connectivity index (χ3n) is 15.2. The van der Waals surface area contributed by atoms with Crippen LogP contribution in [0.15, 0.2) is 272 Å². The SMILES string of the molecule is c1ccc(C2(c3ccccc3)c3ccccc3-c3ccc(N(c4ccc(-c5ccc6ccoc6c5)cc4)c4ccc5c(c4)C(c4ccccc4)(c4ccnc6ccccc46)c4ccccc4-5)cc32)cc1. The van der Waals surface area contributed by atoms with Gasteiger partial charge in [-0.2, -0.15) is 0 Å². The van der Waals surface area contributed by atoms with E-state index in [1.54, 1.807) is 6.26 Å². The van der Waals surface area contributed by atoms with Crippen molar-refractivity contribution in [1.82, 2.24) is 4.98 Å². The number of furan rings is 1. The molecule has 70 heavy (non-hydrogen) atoms. The van der Waals surface area contributed by atoms with E-state index in [1.165, 1.54) is 66.8 Å². The Labute approximate surface area is 407 Å². The summed E-state index contributed by atoms with van der Waals surface area (Å²) in [5.41, 5.74) is 21.0. The van der Waals surface area contributed by atoms with Crippen LogP contribution < -0.4 is 4.90 Å². The Kier molecular flexibility index (Phi) is 9.02. The van der Waals surface area contributed by atoms with Crippen molar-refractivity contribution in [3.8, 4) is 33.4 Å². The van der Waals surface area contributed by atoms with Gasteiger partial charge in [-0.25, -0.2) is 0 Å². The molecule has 328 valence electrons. The smallest absolute Gasteiger partial charge is 0.134 e. The predicted octanol–water partition coefficient (Wildman–Crippen LogP) is 16.8. The topological polar surface area (TPSA) is 29.3 Å². The minimum absolute atomic E-state index is 0.561. The summed E-state index contributed by atoms with van der Waals surface area (Å²) in [6.07, 6.45) is 3.74. The lowest BCUT2D eigenvalue weighted by Crippen LogP contribution is -2.29. The highest BCUT2D eigenvalue weighted by atomic mass is 16.3. The van der Waals surface area contributed by atoms with Gasteiger partial charge in [0, 0.05) is 34.0 Å². The van der Waals surface area contributed by atoms with Gasteiger partial charge >= 0.3 is 0 Å². The van der Waals surface area contributed by atoms with Crippen molar-refractivity contribution in [2.75, 3.05) is 4.90 Å². The second kappa shape index (κ2) is 15.8. The van der Waals surface area contributed by atoms with Crippen LogP contribution in [0.4, 0.5) is 17.1 Å². The van der Waals surface area contributed by atoms with Crippen molar-refractivity contribution in [3.63, 3.8) is 0 Å². The number of hydrogen-bond acceptors (Lipinski definition) is 3. The number of benzene rings is 10. The standard InChI is InChI=1S/C67H44N2O/c1-4-16-48(17-5-1)66(49-18-6-2-7-19-49)59-25-13-10-22-54(59)56-36-34-52(43-62(56)66)69(51-32-30-45(31-33-51)47-29-28-46-39-41-70-65(46)42-47)53-35-37-57-55-23-11-14-26-60(55)67(63(57)44-53,50-20-8-3-9-21-50)61-38-40-68-64-27-15-12-24-58(61)64/h1-44H. The minimum Gasteiger partial charge on any atom is -0.464 e. The van der Waals surface area contributed by atoms with Gasteiger partial charge in [-0.3, -0.25) is 4.98 Å². The van der Waals surface area contributed by atoms with E-state index in [0.717, 1.165) is 50.1 Å². The molecular weight excluding hydrogens is 849 g/mol. The van der Waals surface area contributed by atoms with Crippen molar-refractivity contribution in [2.45, 2.75) is 10.8 Å². The Morgan fingerprint density at radius 3 is 1.49 bits per heavy atom. The average Bonchev–Trinajstić information content (AvgIpc) is 4.12. The van der Waals surface area contributed by atoms with Crippen LogP contribution in [0.5, 0.6) is 0 Å². The molecule has 0 amide bonds. The predicted molar refractivity (Wildman–Crippen MR) is 286 cm³/mol. The van der Waals surface area contributed by atoms with E-state index in [0.29, 0.717) is 0 Å². The summed E-state index contributed by atoms with van der Waals surface area (Å²) in [6.45, 7) is 0. The number of anilines is 3. The fourth-order valence-electron chi connectivity index (χ4n) is 12.2. The molecule has 0 radical (unpaired) electrons. The molecule has 10 aromatic carbocycles. The van der Waals surface area contributed by atoms with Crippen LogP contribution in [0.2, 0.25) is 0 Å². The highest BCUT2D eigenvalue weighted by Crippen LogP contribution is 2.60. The maximum atomic E-state index is 5.85. The number of aromatic nitrogens is 1. The number of hydrogen-bond donors (Lipinski definition) is 0. The molecule has 0 N–H and O–H groups in total. The van der Waals surface area contributed by atoms with Crippen LogP contribution in [0.25, 0.3) is 55.3 Å². The third kappa shape index (κ3) is 5.79. The summed E-state index contributed by atoms with van der Waals surface area (Å²) in [6, 6.07) is 93.8. The van der Waals surface area contributed by atoms with Crippen molar-refractivity contribution < 1.29 is 4.42 Å². The molecule has 2 aliphatic carbocycles. The molecule has 12 aromatic rings. The largest absolute Gasteiger partial charge is 0.464 e. The third-order valence-corrected chi connectivity index (χ3v) is 15.2. The molecule has 2 aromatic heterocycles. The molecule has 14 rings (SSSR count). The maximum Gasteiger partial charge on any atom is 0.134 e. The number of nitrogens with zero attached hydrogens (tertiary/aromatic N) is 2. The molecule has 3 heteroatoms. The summed E-state index contributed by atoms with van der Waals surface area (Å²) in [5, 5.41) is 2.23. The first-order chi connectivity index (χ1) is 34.7. The Hall–Kier alpha value is -9.05. The van der Waals surface area contributed by atoms with E-state index >= 15 is 0 Å². The summed E-state index contributed by atoms with van der Waals surface area (Å²) >= 11 is 0. The van der Waals surface area contributed by atoms with E-state index in [9.17, 15) is 0 Å². The van der Waals surface area contributed by atoms with Crippen molar-refractivity contribution >= 4 is 38.9 Å². The lowest BCUT2D eigenvalue weighted by Gasteiger charge is -2.36. The van der Waals surface area contributed by atoms with Crippen molar-refractivity contribution in [3.05, 3.63) is 312 Å². The number of para-hydroxylation sites is 1. The fourth-order valence-corrected chi connectivity index (χ4v) is 12.2. The molecule has 0 fully saturated rings. The van der Waals surface area contributed by atoms with Crippen LogP contribution in [0, 0.1) is 0 Å². The quantitative estimate of drug-likeness (QED) is 0.152. The lowest BCUT2D eigenvalue weighted by molar-refractivity contribution is 0.616. The summed E-state index contributed by atoms with van der Waals surface area (Å²) < 4.78 is 5.85. The van der Waals surface area contributed by atoms with Crippen LogP contribution in [0.3, 0.4) is 0 Å². The first kappa shape index (κ1) is 40.1. The van der Waals surface area contributed by atoms with Crippen molar-refractivity contribution in [2.24, 2.45) is 0 Å². The normalized spacial score (nSPS) is 15.0. The van der Waals surface area contributed by atoms with Gasteiger partial charge in [0.1, 0.15) is 5.58 Å². The lowest BCUT2D eigenvalue weighted by atomic mass is 9.67. The summed E-state index contributed by atoms with van der Waals surface area (Å²) in [7, 11) is 0. The van der Waals surface area contributed by atoms with Crippen LogP contribution in [-0.2, 0) is 10.8 Å². The number of rotatable bonds is 8. The van der Waals surface area contributed by atoms with Gasteiger partial charge in [0.2, 0.25) is 0 Å². The van der Waals surface area contributed by atoms with Gasteiger partial charge in [-0.15, -0.1) is 0 Å². The van der Waals surface area contributed by atoms with Gasteiger partial charge in [0.15, 0.2) is 0 Å². The van der Waals surface area contributed by atoms with Gasteiger partial charge in [0.05, 0.1) is 22.6 Å². The van der Waals surface area contributed by atoms with Gasteiger partial charge < -0.3 is 9.32 Å². The molecule has 0 aliphatic heterocycles. The Morgan fingerprint density at radius 1 is 0.343 bits per heavy atom. The number of fused-ring (bicyclic) bond motifs is 8. The molecular formula is C67H44N2O. The summed E-state index contributed by atoms with van der Waals surface area (Å²) in [4.78, 5) is 7.37. The number of pyridine rings is 1. The van der Waals surface area contributed by atoms with E-state index in [1.807, 2.05) is 12.3 Å². The molecule has 2 aliphatic rings. The Bertz CT molecular complexity index is 3910. The van der Waals surface area contributed by atoms with Crippen LogP contribution >= 0.6 is 0 Å². The van der Waals surface area contributed by atoms with E-state index < -0.39 is 10.8 Å². The van der Waals surface area contributed by atoms with Crippen molar-refractivity contribution in [1.29, 1.82) is 0 Å². The van der Waals surface area contributed by atoms with E-state index in [4.69, 9.17) is 9.40 Å². The highest BCUT2D eigenvalue weighted by molar-refractivity contribution is 5.95. The van der Waals surface area contributed by atoms with Gasteiger partial charge in [-0.05, 0) is 139 Å². The molecule has 0 spiro atoms. The fraction of sp³-hybridized carbons (Fsp3) is 0.0299. The molecule has 0 saturated heterocycles. The average molecular weight is 893 g/mol. The molecule has 1 atom stereocenters. The minimum atomic E-state index is -0.652.